The first-order valence-corrected chi connectivity index (χ1v) is 10.8. The van der Waals surface area contributed by atoms with Gasteiger partial charge in [0.1, 0.15) is 17.3 Å². The molecule has 2 N–H and O–H groups in total. The molecule has 174 valence electrons. The lowest BCUT2D eigenvalue weighted by atomic mass is 9.80. The topological polar surface area (TPSA) is 88.1 Å². The van der Waals surface area contributed by atoms with Crippen molar-refractivity contribution in [2.24, 2.45) is 5.92 Å². The van der Waals surface area contributed by atoms with Crippen LogP contribution in [0.15, 0.2) is 42.7 Å². The van der Waals surface area contributed by atoms with E-state index in [9.17, 15) is 23.1 Å². The molecule has 1 aliphatic rings. The van der Waals surface area contributed by atoms with Crippen LogP contribution in [0.1, 0.15) is 58.9 Å². The zero-order chi connectivity index (χ0) is 23.6. The number of carbonyl (C=O) groups is 1. The van der Waals surface area contributed by atoms with E-state index in [1.807, 2.05) is 6.07 Å². The minimum atomic E-state index is -4.46. The number of alkyl halides is 3. The Hall–Kier alpha value is -3.36. The van der Waals surface area contributed by atoms with Crippen LogP contribution >= 0.6 is 0 Å². The second-order valence-electron chi connectivity index (χ2n) is 8.38. The summed E-state index contributed by atoms with van der Waals surface area (Å²) in [5.41, 5.74) is 1.42. The van der Waals surface area contributed by atoms with Crippen LogP contribution in [0.2, 0.25) is 0 Å². The van der Waals surface area contributed by atoms with Gasteiger partial charge in [-0.2, -0.15) is 13.2 Å². The number of aromatic nitrogens is 3. The molecular weight excluding hydrogens is 435 g/mol. The molecule has 2 aromatic heterocycles. The van der Waals surface area contributed by atoms with E-state index in [-0.39, 0.29) is 17.3 Å². The van der Waals surface area contributed by atoms with Crippen LogP contribution in [0.25, 0.3) is 11.4 Å². The van der Waals surface area contributed by atoms with Crippen molar-refractivity contribution in [3.05, 3.63) is 65.2 Å². The molecule has 9 heteroatoms. The fraction of sp³-hybridized carbons (Fsp3) is 0.375. The molecule has 0 atom stereocenters. The maximum Gasteiger partial charge on any atom is 0.432 e. The Morgan fingerprint density at radius 2 is 1.88 bits per heavy atom. The first-order chi connectivity index (χ1) is 15.7. The molecule has 0 bridgehead atoms. The molecule has 33 heavy (non-hydrogen) atoms. The number of carboxylic acids is 1. The molecule has 3 aromatic rings. The minimum Gasteiger partial charge on any atom is -0.493 e. The monoisotopic (exact) mass is 459 g/mol. The quantitative estimate of drug-likeness (QED) is 0.483. The van der Waals surface area contributed by atoms with Gasteiger partial charge in [0.25, 0.3) is 0 Å². The molecule has 4 rings (SSSR count). The number of benzene rings is 1. The molecule has 0 radical (unpaired) electrons. The molecular formula is C24H24F3N3O3. The molecule has 2 heterocycles. The standard InChI is InChI=1S/C24H24F3N3O3/c1-14-18(23(31)32)3-2-4-20(14)33-13-15-5-7-16(8-6-15)19-10-9-17(11-28-19)22-29-12-21(30-22)24(25,26)27/h2-4,9-12,15-16H,5-8,13H2,1H3,(H,29,30)(H,31,32). The Morgan fingerprint density at radius 3 is 2.48 bits per heavy atom. The third-order valence-corrected chi connectivity index (χ3v) is 6.20. The van der Waals surface area contributed by atoms with Crippen LogP contribution in [0.3, 0.4) is 0 Å². The molecule has 0 unspecified atom stereocenters. The first-order valence-electron chi connectivity index (χ1n) is 10.8. The number of rotatable bonds is 6. The van der Waals surface area contributed by atoms with Crippen molar-refractivity contribution in [1.82, 2.24) is 15.0 Å². The van der Waals surface area contributed by atoms with Gasteiger partial charge in [0, 0.05) is 28.9 Å². The zero-order valence-corrected chi connectivity index (χ0v) is 18.0. The highest BCUT2D eigenvalue weighted by Crippen LogP contribution is 2.36. The highest BCUT2D eigenvalue weighted by atomic mass is 19.4. The number of pyridine rings is 1. The fourth-order valence-electron chi connectivity index (χ4n) is 4.23. The van der Waals surface area contributed by atoms with Gasteiger partial charge in [0.2, 0.25) is 0 Å². The predicted octanol–water partition coefficient (Wildman–Crippen LogP) is 5.85. The summed E-state index contributed by atoms with van der Waals surface area (Å²) in [5, 5.41) is 9.25. The largest absolute Gasteiger partial charge is 0.493 e. The van der Waals surface area contributed by atoms with E-state index in [4.69, 9.17) is 4.74 Å². The summed E-state index contributed by atoms with van der Waals surface area (Å²) in [6.07, 6.45) is 1.67. The van der Waals surface area contributed by atoms with E-state index in [1.165, 1.54) is 0 Å². The molecule has 0 aliphatic heterocycles. The van der Waals surface area contributed by atoms with Crippen LogP contribution in [0.5, 0.6) is 5.75 Å². The number of ether oxygens (including phenoxy) is 1. The Bertz CT molecular complexity index is 1120. The summed E-state index contributed by atoms with van der Waals surface area (Å²) >= 11 is 0. The number of hydrogen-bond acceptors (Lipinski definition) is 4. The Kier molecular flexibility index (Phi) is 6.40. The second kappa shape index (κ2) is 9.25. The van der Waals surface area contributed by atoms with Crippen LogP contribution in [0.4, 0.5) is 13.2 Å². The lowest BCUT2D eigenvalue weighted by Gasteiger charge is -2.28. The summed E-state index contributed by atoms with van der Waals surface area (Å²) < 4.78 is 44.2. The molecule has 1 fully saturated rings. The number of aromatic amines is 1. The normalized spacial score (nSPS) is 18.8. The highest BCUT2D eigenvalue weighted by molar-refractivity contribution is 5.90. The number of H-pyrrole nitrogens is 1. The molecule has 1 saturated carbocycles. The molecule has 6 nitrogen and oxygen atoms in total. The van der Waals surface area contributed by atoms with Crippen molar-refractivity contribution >= 4 is 5.97 Å². The highest BCUT2D eigenvalue weighted by Gasteiger charge is 2.33. The number of carboxylic acid groups (broad SMARTS) is 1. The minimum absolute atomic E-state index is 0.143. The van der Waals surface area contributed by atoms with Gasteiger partial charge in [0.15, 0.2) is 0 Å². The Balaban J connectivity index is 1.32. The number of nitrogens with zero attached hydrogens (tertiary/aromatic N) is 2. The number of halogens is 3. The van der Waals surface area contributed by atoms with E-state index in [2.05, 4.69) is 15.0 Å². The predicted molar refractivity (Wildman–Crippen MR) is 115 cm³/mol. The van der Waals surface area contributed by atoms with Gasteiger partial charge in [-0.3, -0.25) is 4.98 Å². The lowest BCUT2D eigenvalue weighted by molar-refractivity contribution is -0.140. The fourth-order valence-corrected chi connectivity index (χ4v) is 4.23. The van der Waals surface area contributed by atoms with E-state index < -0.39 is 17.8 Å². The average Bonchev–Trinajstić information content (AvgIpc) is 3.30. The summed E-state index contributed by atoms with van der Waals surface area (Å²) in [6, 6.07) is 8.64. The third-order valence-electron chi connectivity index (χ3n) is 6.20. The van der Waals surface area contributed by atoms with E-state index in [1.54, 1.807) is 37.4 Å². The smallest absolute Gasteiger partial charge is 0.432 e. The van der Waals surface area contributed by atoms with Gasteiger partial charge >= 0.3 is 12.1 Å². The number of nitrogens with one attached hydrogen (secondary N) is 1. The van der Waals surface area contributed by atoms with Crippen molar-refractivity contribution in [3.8, 4) is 17.1 Å². The van der Waals surface area contributed by atoms with Crippen molar-refractivity contribution in [3.63, 3.8) is 0 Å². The number of imidazole rings is 1. The first kappa shape index (κ1) is 22.8. The molecule has 0 saturated heterocycles. The van der Waals surface area contributed by atoms with Crippen LogP contribution in [0, 0.1) is 12.8 Å². The summed E-state index contributed by atoms with van der Waals surface area (Å²) in [7, 11) is 0. The third kappa shape index (κ3) is 5.18. The summed E-state index contributed by atoms with van der Waals surface area (Å²) in [5.74, 6) is 0.433. The van der Waals surface area contributed by atoms with Crippen molar-refractivity contribution < 1.29 is 27.8 Å². The van der Waals surface area contributed by atoms with Crippen molar-refractivity contribution in [2.75, 3.05) is 6.61 Å². The molecule has 0 spiro atoms. The molecule has 0 amide bonds. The zero-order valence-electron chi connectivity index (χ0n) is 18.0. The maximum atomic E-state index is 12.8. The van der Waals surface area contributed by atoms with Gasteiger partial charge in [-0.25, -0.2) is 9.78 Å². The van der Waals surface area contributed by atoms with Gasteiger partial charge in [-0.05, 0) is 62.8 Å². The molecule has 1 aliphatic carbocycles. The van der Waals surface area contributed by atoms with Gasteiger partial charge in [-0.15, -0.1) is 0 Å². The SMILES string of the molecule is Cc1c(OCC2CCC(c3ccc(-c4ncc(C(F)(F)F)[nH]4)cn3)CC2)cccc1C(=O)O. The van der Waals surface area contributed by atoms with Crippen LogP contribution < -0.4 is 4.74 Å². The van der Waals surface area contributed by atoms with Gasteiger partial charge in [-0.1, -0.05) is 6.07 Å². The molecule has 1 aromatic carbocycles. The van der Waals surface area contributed by atoms with E-state index in [0.717, 1.165) is 37.6 Å². The van der Waals surface area contributed by atoms with E-state index >= 15 is 0 Å². The summed E-state index contributed by atoms with van der Waals surface area (Å²) in [6.45, 7) is 2.28. The van der Waals surface area contributed by atoms with Gasteiger partial charge < -0.3 is 14.8 Å². The maximum absolute atomic E-state index is 12.8. The van der Waals surface area contributed by atoms with Crippen molar-refractivity contribution in [1.29, 1.82) is 0 Å². The number of hydrogen-bond donors (Lipinski definition) is 2. The van der Waals surface area contributed by atoms with Gasteiger partial charge in [0.05, 0.1) is 18.4 Å². The Morgan fingerprint density at radius 1 is 1.12 bits per heavy atom. The Labute approximate surface area is 188 Å². The van der Waals surface area contributed by atoms with E-state index in [0.29, 0.717) is 29.4 Å². The second-order valence-corrected chi connectivity index (χ2v) is 8.38. The number of aromatic carboxylic acids is 1. The summed E-state index contributed by atoms with van der Waals surface area (Å²) in [4.78, 5) is 21.9. The lowest BCUT2D eigenvalue weighted by Crippen LogP contribution is -2.20. The van der Waals surface area contributed by atoms with Crippen LogP contribution in [-0.2, 0) is 6.18 Å². The van der Waals surface area contributed by atoms with Crippen molar-refractivity contribution in [2.45, 2.75) is 44.7 Å². The average molecular weight is 459 g/mol. The van der Waals surface area contributed by atoms with Crippen LogP contribution in [-0.4, -0.2) is 32.6 Å².